The van der Waals surface area contributed by atoms with Crippen molar-refractivity contribution in [3.8, 4) is 22.5 Å². The Labute approximate surface area is 268 Å². The second-order valence-corrected chi connectivity index (χ2v) is 9.04. The van der Waals surface area contributed by atoms with E-state index in [-0.39, 0.29) is 89.2 Å². The molecule has 0 atom stereocenters. The number of rotatable bonds is 3. The fourth-order valence-corrected chi connectivity index (χ4v) is 4.53. The minimum absolute atomic E-state index is 0. The van der Waals surface area contributed by atoms with Crippen molar-refractivity contribution in [1.82, 2.24) is 15.0 Å². The number of hydrogen-bond acceptors (Lipinski definition) is 4. The van der Waals surface area contributed by atoms with Gasteiger partial charge < -0.3 is 14.4 Å². The van der Waals surface area contributed by atoms with E-state index in [4.69, 9.17) is 23.6 Å². The van der Waals surface area contributed by atoms with Gasteiger partial charge in [0.15, 0.2) is 0 Å². The third-order valence-corrected chi connectivity index (χ3v) is 6.46. The number of aromatic nitrogens is 3. The molecule has 1 saturated carbocycles. The van der Waals surface area contributed by atoms with Crippen LogP contribution in [-0.4, -0.2) is 15.0 Å². The van der Waals surface area contributed by atoms with Gasteiger partial charge in [-0.3, -0.25) is 0 Å². The molecular weight excluding hydrogens is 671 g/mol. The maximum Gasteiger partial charge on any atom is 0.216 e. The van der Waals surface area contributed by atoms with E-state index in [9.17, 15) is 0 Å². The van der Waals surface area contributed by atoms with Crippen LogP contribution in [-0.2, 0) is 20.1 Å². The van der Waals surface area contributed by atoms with Crippen molar-refractivity contribution in [3.05, 3.63) is 114 Å². The van der Waals surface area contributed by atoms with E-state index < -0.39 is 37.9 Å². The molecule has 7 rings (SSSR count). The zero-order valence-electron chi connectivity index (χ0n) is 35.2. The van der Waals surface area contributed by atoms with Crippen molar-refractivity contribution in [3.63, 3.8) is 0 Å². The topological polar surface area (TPSA) is 51.8 Å². The van der Waals surface area contributed by atoms with Gasteiger partial charge in [0.1, 0.15) is 0 Å². The summed E-state index contributed by atoms with van der Waals surface area (Å²) in [4.78, 5) is 12.1. The molecule has 0 amide bonds. The minimum Gasteiger partial charge on any atom is -0.486 e. The molecule has 0 saturated heterocycles. The van der Waals surface area contributed by atoms with Crippen molar-refractivity contribution >= 4 is 22.1 Å². The molecule has 0 N–H and O–H groups in total. The number of benzene rings is 2. The first-order valence-electron chi connectivity index (χ1n) is 19.5. The molecule has 6 aromatic rings. The van der Waals surface area contributed by atoms with Crippen molar-refractivity contribution < 1.29 is 43.7 Å². The Morgan fingerprint density at radius 1 is 0.925 bits per heavy atom. The molecule has 0 bridgehead atoms. The van der Waals surface area contributed by atoms with Crippen LogP contribution in [0, 0.1) is 25.8 Å². The Morgan fingerprint density at radius 2 is 1.85 bits per heavy atom. The predicted octanol–water partition coefficient (Wildman–Crippen LogP) is 9.05. The summed E-state index contributed by atoms with van der Waals surface area (Å²) in [5.41, 5.74) is 1.42. The van der Waals surface area contributed by atoms with Crippen LogP contribution >= 0.6 is 0 Å². The summed E-state index contributed by atoms with van der Waals surface area (Å²) in [7, 11) is 0. The molecule has 203 valence electrons. The predicted molar refractivity (Wildman–Crippen MR) is 157 cm³/mol. The number of hydrogen-bond donors (Lipinski definition) is 0. The molecule has 1 radical (unpaired) electrons. The Hall–Kier alpha value is -3.66. The monoisotopic (exact) mass is 716 g/mol. The number of aryl methyl sites for hydroxylation is 2. The van der Waals surface area contributed by atoms with Crippen molar-refractivity contribution in [1.29, 1.82) is 0 Å². The Kier molecular flexibility index (Phi) is 4.87. The first-order chi connectivity index (χ1) is 24.8. The first-order valence-corrected chi connectivity index (χ1v) is 12.5. The summed E-state index contributed by atoms with van der Waals surface area (Å²) < 4.78 is 115. The van der Waals surface area contributed by atoms with E-state index in [2.05, 4.69) is 27.1 Å². The molecule has 4 heterocycles. The largest absolute Gasteiger partial charge is 0.486 e. The second kappa shape index (κ2) is 12.7. The smallest absolute Gasteiger partial charge is 0.216 e. The summed E-state index contributed by atoms with van der Waals surface area (Å²) in [6.07, 6.45) is 4.80. The maximum atomic E-state index is 8.69. The number of pyridine rings is 3. The van der Waals surface area contributed by atoms with E-state index in [1.807, 2.05) is 0 Å². The van der Waals surface area contributed by atoms with Crippen LogP contribution in [0.3, 0.4) is 0 Å². The average Bonchev–Trinajstić information content (AvgIpc) is 3.49. The number of nitrogens with zero attached hydrogens (tertiary/aromatic N) is 3. The molecule has 0 aliphatic heterocycles. The van der Waals surface area contributed by atoms with Crippen LogP contribution in [0.25, 0.3) is 44.6 Å². The van der Waals surface area contributed by atoms with E-state index in [0.29, 0.717) is 29.3 Å². The third-order valence-electron chi connectivity index (χ3n) is 6.46. The van der Waals surface area contributed by atoms with E-state index in [1.54, 1.807) is 18.2 Å². The van der Waals surface area contributed by atoms with Crippen LogP contribution < -0.4 is 0 Å². The summed E-state index contributed by atoms with van der Waals surface area (Å²) in [6.45, 7) is -4.63. The summed E-state index contributed by atoms with van der Waals surface area (Å²) >= 11 is 0. The average molecular weight is 716 g/mol. The first kappa shape index (κ1) is 15.4. The van der Waals surface area contributed by atoms with Gasteiger partial charge in [0.05, 0.1) is 11.1 Å². The van der Waals surface area contributed by atoms with Gasteiger partial charge >= 0.3 is 0 Å². The molecule has 1 fully saturated rings. The van der Waals surface area contributed by atoms with Gasteiger partial charge in [0.2, 0.25) is 5.71 Å². The standard InChI is InChI=1S/C18H20N.C17H11N2O.Ir/c1-14-7-12-18(19-13-14)17-10-8-16(9-11-17)15-5-3-2-4-6-15;1-11-8-9-13-12-5-4-6-14(15-7-2-3-10-18-15)16(12)20-17(13)19-11;/h7-10,12-13,15H,2-6H2,1H3;2-5,7-10H,1H3;/q2*-1;/i1D3,8D,9D,10D,15D;1D3,2D,3D,7D,10D;. The quantitative estimate of drug-likeness (QED) is 0.172. The maximum absolute atomic E-state index is 8.69. The second-order valence-electron chi connectivity index (χ2n) is 9.04. The molecule has 5 heteroatoms. The van der Waals surface area contributed by atoms with Crippen LogP contribution in [0.5, 0.6) is 0 Å². The molecule has 4 nitrogen and oxygen atoms in total. The number of furan rings is 1. The molecule has 1 aliphatic carbocycles. The summed E-state index contributed by atoms with van der Waals surface area (Å²) in [5, 5.41) is 1.21. The van der Waals surface area contributed by atoms with Gasteiger partial charge in [-0.2, -0.15) is 0 Å². The van der Waals surface area contributed by atoms with Crippen LogP contribution in [0.15, 0.2) is 89.4 Å². The van der Waals surface area contributed by atoms with Gasteiger partial charge in [-0.05, 0) is 50.2 Å². The van der Waals surface area contributed by atoms with Gasteiger partial charge in [0.25, 0.3) is 0 Å². The molecule has 40 heavy (non-hydrogen) atoms. The third kappa shape index (κ3) is 6.06. The van der Waals surface area contributed by atoms with Crippen molar-refractivity contribution in [2.45, 2.75) is 51.7 Å². The normalized spacial score (nSPS) is 19.9. The Morgan fingerprint density at radius 3 is 2.67 bits per heavy atom. The van der Waals surface area contributed by atoms with E-state index >= 15 is 0 Å². The van der Waals surface area contributed by atoms with Gasteiger partial charge in [-0.15, -0.1) is 53.5 Å². The zero-order valence-corrected chi connectivity index (χ0v) is 23.6. The molecule has 2 aromatic carbocycles. The molecule has 1 aliphatic rings. The zero-order chi connectivity index (χ0) is 38.6. The van der Waals surface area contributed by atoms with Gasteiger partial charge in [-0.1, -0.05) is 73.2 Å². The van der Waals surface area contributed by atoms with Crippen LogP contribution in [0.4, 0.5) is 0 Å². The van der Waals surface area contributed by atoms with Crippen molar-refractivity contribution in [2.24, 2.45) is 0 Å². The molecule has 0 spiro atoms. The Bertz CT molecular complexity index is 2350. The summed E-state index contributed by atoms with van der Waals surface area (Å²) in [6, 6.07) is 13.5. The van der Waals surface area contributed by atoms with Gasteiger partial charge in [0, 0.05) is 55.9 Å². The molecule has 4 aromatic heterocycles. The van der Waals surface area contributed by atoms with Crippen LogP contribution in [0.1, 0.15) is 74.0 Å². The molecular formula is C35H31IrN3O-2. The van der Waals surface area contributed by atoms with E-state index in [1.165, 1.54) is 24.4 Å². The summed E-state index contributed by atoms with van der Waals surface area (Å²) in [5.74, 6) is -1.00. The Balaban J connectivity index is 0.000000204. The van der Waals surface area contributed by atoms with Crippen molar-refractivity contribution in [2.75, 3.05) is 0 Å². The fraction of sp³-hybridized carbons (Fsp3) is 0.229. The fourth-order valence-electron chi connectivity index (χ4n) is 4.53. The van der Waals surface area contributed by atoms with Crippen LogP contribution in [0.2, 0.25) is 0 Å². The van der Waals surface area contributed by atoms with E-state index in [0.717, 1.165) is 19.3 Å². The SMILES string of the molecule is [2H]c1[c-]c(-c2ccc(C([2H])([2H])[2H])cn2)c([2H])c([2H])c1C1([2H])CCCCC1.[2H]c1nc(-c2[c-]ccc3c2oc2nc(C([2H])([2H])[2H])ccc23)c([2H])c([2H])c1[2H].[Ir]. The number of fused-ring (bicyclic) bond motifs is 3. The molecule has 0 unspecified atom stereocenters. The van der Waals surface area contributed by atoms with Gasteiger partial charge in [-0.25, -0.2) is 4.98 Å². The minimum atomic E-state index is -2.37.